The first-order valence-electron chi connectivity index (χ1n) is 7.94. The second kappa shape index (κ2) is 7.33. The van der Waals surface area contributed by atoms with E-state index in [1.807, 2.05) is 44.5 Å². The Kier molecular flexibility index (Phi) is 5.43. The molecule has 0 aliphatic rings. The van der Waals surface area contributed by atoms with Gasteiger partial charge >= 0.3 is 5.97 Å². The number of methoxy groups -OCH3 is 1. The second-order valence-electron chi connectivity index (χ2n) is 5.67. The SMILES string of the molecule is CCN(CCC(=O)OC)C(=O)c1cnn(C)c1-n1c(C)ccc1C. The number of amides is 1. The minimum Gasteiger partial charge on any atom is -0.469 e. The third-order valence-corrected chi connectivity index (χ3v) is 4.10. The van der Waals surface area contributed by atoms with Crippen LogP contribution in [-0.2, 0) is 16.6 Å². The number of hydrogen-bond acceptors (Lipinski definition) is 4. The van der Waals surface area contributed by atoms with E-state index in [0.717, 1.165) is 17.2 Å². The molecule has 0 aliphatic heterocycles. The molecule has 0 N–H and O–H groups in total. The van der Waals surface area contributed by atoms with Crippen LogP contribution in [0.3, 0.4) is 0 Å². The van der Waals surface area contributed by atoms with E-state index in [-0.39, 0.29) is 18.3 Å². The number of rotatable bonds is 6. The summed E-state index contributed by atoms with van der Waals surface area (Å²) >= 11 is 0. The highest BCUT2D eigenvalue weighted by atomic mass is 16.5. The van der Waals surface area contributed by atoms with Gasteiger partial charge in [0.2, 0.25) is 0 Å². The Bertz CT molecular complexity index is 726. The third-order valence-electron chi connectivity index (χ3n) is 4.10. The first-order valence-corrected chi connectivity index (χ1v) is 7.94. The number of esters is 1. The van der Waals surface area contributed by atoms with Gasteiger partial charge in [0.15, 0.2) is 0 Å². The number of aromatic nitrogens is 3. The van der Waals surface area contributed by atoms with E-state index < -0.39 is 0 Å². The quantitative estimate of drug-likeness (QED) is 0.757. The Morgan fingerprint density at radius 1 is 1.25 bits per heavy atom. The van der Waals surface area contributed by atoms with E-state index >= 15 is 0 Å². The van der Waals surface area contributed by atoms with E-state index in [1.165, 1.54) is 7.11 Å². The van der Waals surface area contributed by atoms with E-state index in [4.69, 9.17) is 0 Å². The number of nitrogens with zero attached hydrogens (tertiary/aromatic N) is 4. The third kappa shape index (κ3) is 3.34. The van der Waals surface area contributed by atoms with Crippen LogP contribution in [0.25, 0.3) is 5.82 Å². The number of aryl methyl sites for hydroxylation is 3. The van der Waals surface area contributed by atoms with Crippen LogP contribution in [0.5, 0.6) is 0 Å². The fourth-order valence-electron chi connectivity index (χ4n) is 2.75. The molecule has 0 unspecified atom stereocenters. The van der Waals surface area contributed by atoms with E-state index in [9.17, 15) is 9.59 Å². The van der Waals surface area contributed by atoms with Crippen molar-refractivity contribution in [2.75, 3.05) is 20.2 Å². The van der Waals surface area contributed by atoms with E-state index in [2.05, 4.69) is 9.84 Å². The van der Waals surface area contributed by atoms with Crippen LogP contribution in [0.4, 0.5) is 0 Å². The Morgan fingerprint density at radius 3 is 2.42 bits per heavy atom. The molecule has 7 nitrogen and oxygen atoms in total. The van der Waals surface area contributed by atoms with Gasteiger partial charge < -0.3 is 14.2 Å². The summed E-state index contributed by atoms with van der Waals surface area (Å²) in [5, 5.41) is 4.26. The highest BCUT2D eigenvalue weighted by Crippen LogP contribution is 2.21. The van der Waals surface area contributed by atoms with Gasteiger partial charge in [-0.3, -0.25) is 14.3 Å². The van der Waals surface area contributed by atoms with Crippen LogP contribution in [0.15, 0.2) is 18.3 Å². The lowest BCUT2D eigenvalue weighted by molar-refractivity contribution is -0.140. The summed E-state index contributed by atoms with van der Waals surface area (Å²) < 4.78 is 8.36. The normalized spacial score (nSPS) is 10.7. The first kappa shape index (κ1) is 17.8. The smallest absolute Gasteiger partial charge is 0.307 e. The maximum absolute atomic E-state index is 12.9. The molecule has 130 valence electrons. The maximum Gasteiger partial charge on any atom is 0.307 e. The standard InChI is InChI=1S/C17H24N4O3/c1-6-20(10-9-15(22)24-5)17(23)14-11-18-19(4)16(14)21-12(2)7-8-13(21)3/h7-8,11H,6,9-10H2,1-5H3. The van der Waals surface area contributed by atoms with Crippen molar-refractivity contribution >= 4 is 11.9 Å². The lowest BCUT2D eigenvalue weighted by atomic mass is 10.2. The fraction of sp³-hybridized carbons (Fsp3) is 0.471. The van der Waals surface area contributed by atoms with Gasteiger partial charge in [0.1, 0.15) is 11.4 Å². The predicted molar refractivity (Wildman–Crippen MR) is 90.2 cm³/mol. The summed E-state index contributed by atoms with van der Waals surface area (Å²) in [5.41, 5.74) is 2.58. The Balaban J connectivity index is 2.35. The van der Waals surface area contributed by atoms with Gasteiger partial charge in [0, 0.05) is 31.5 Å². The van der Waals surface area contributed by atoms with Crippen LogP contribution < -0.4 is 0 Å². The van der Waals surface area contributed by atoms with E-state index in [0.29, 0.717) is 18.7 Å². The van der Waals surface area contributed by atoms with Crippen LogP contribution in [0.2, 0.25) is 0 Å². The number of hydrogen-bond donors (Lipinski definition) is 0. The largest absolute Gasteiger partial charge is 0.469 e. The molecule has 0 spiro atoms. The van der Waals surface area contributed by atoms with Gasteiger partial charge in [-0.2, -0.15) is 5.10 Å². The predicted octanol–water partition coefficient (Wildman–Crippen LogP) is 1.85. The lowest BCUT2D eigenvalue weighted by Gasteiger charge is -2.21. The Labute approximate surface area is 141 Å². The van der Waals surface area contributed by atoms with Crippen molar-refractivity contribution in [3.63, 3.8) is 0 Å². The molecule has 2 aromatic rings. The zero-order chi connectivity index (χ0) is 17.9. The highest BCUT2D eigenvalue weighted by Gasteiger charge is 2.24. The molecular formula is C17H24N4O3. The Hall–Kier alpha value is -2.57. The van der Waals surface area contributed by atoms with Gasteiger partial charge in [-0.25, -0.2) is 0 Å². The van der Waals surface area contributed by atoms with Crippen LogP contribution >= 0.6 is 0 Å². The summed E-state index contributed by atoms with van der Waals surface area (Å²) in [7, 11) is 3.16. The number of ether oxygens (including phenoxy) is 1. The summed E-state index contributed by atoms with van der Waals surface area (Å²) in [6, 6.07) is 4.01. The minimum absolute atomic E-state index is 0.142. The monoisotopic (exact) mass is 332 g/mol. The molecule has 0 bridgehead atoms. The maximum atomic E-state index is 12.9. The zero-order valence-corrected chi connectivity index (χ0v) is 14.9. The number of carbonyl (C=O) groups is 2. The molecule has 0 radical (unpaired) electrons. The molecule has 0 atom stereocenters. The average molecular weight is 332 g/mol. The number of carbonyl (C=O) groups excluding carboxylic acids is 2. The summed E-state index contributed by atoms with van der Waals surface area (Å²) in [6.07, 6.45) is 1.75. The molecule has 0 saturated heterocycles. The zero-order valence-electron chi connectivity index (χ0n) is 14.9. The highest BCUT2D eigenvalue weighted by molar-refractivity contribution is 5.97. The van der Waals surface area contributed by atoms with Crippen molar-refractivity contribution in [1.29, 1.82) is 0 Å². The topological polar surface area (TPSA) is 69.4 Å². The van der Waals surface area contributed by atoms with Crippen molar-refractivity contribution in [2.24, 2.45) is 7.05 Å². The van der Waals surface area contributed by atoms with Gasteiger partial charge in [-0.05, 0) is 32.9 Å². The van der Waals surface area contributed by atoms with Gasteiger partial charge in [0.05, 0.1) is 19.7 Å². The molecule has 7 heteroatoms. The fourth-order valence-corrected chi connectivity index (χ4v) is 2.75. The van der Waals surface area contributed by atoms with Crippen molar-refractivity contribution in [3.8, 4) is 5.82 Å². The van der Waals surface area contributed by atoms with Crippen molar-refractivity contribution in [1.82, 2.24) is 19.2 Å². The molecule has 0 aromatic carbocycles. The average Bonchev–Trinajstić information content (AvgIpc) is 3.09. The van der Waals surface area contributed by atoms with Crippen LogP contribution in [0.1, 0.15) is 35.1 Å². The molecule has 0 aliphatic carbocycles. The molecule has 2 aromatic heterocycles. The molecule has 2 heterocycles. The minimum atomic E-state index is -0.329. The summed E-state index contributed by atoms with van der Waals surface area (Å²) in [5.74, 6) is 0.262. The van der Waals surface area contributed by atoms with Gasteiger partial charge in [-0.1, -0.05) is 0 Å². The molecule has 1 amide bonds. The summed E-state index contributed by atoms with van der Waals surface area (Å²) in [4.78, 5) is 25.9. The Morgan fingerprint density at radius 2 is 1.88 bits per heavy atom. The van der Waals surface area contributed by atoms with Crippen LogP contribution in [-0.4, -0.2) is 51.3 Å². The van der Waals surface area contributed by atoms with Gasteiger partial charge in [0.25, 0.3) is 5.91 Å². The van der Waals surface area contributed by atoms with Crippen molar-refractivity contribution in [2.45, 2.75) is 27.2 Å². The van der Waals surface area contributed by atoms with Gasteiger partial charge in [-0.15, -0.1) is 0 Å². The van der Waals surface area contributed by atoms with Crippen molar-refractivity contribution in [3.05, 3.63) is 35.3 Å². The van der Waals surface area contributed by atoms with E-state index in [1.54, 1.807) is 15.8 Å². The molecule has 2 rings (SSSR count). The lowest BCUT2D eigenvalue weighted by Crippen LogP contribution is -2.33. The second-order valence-corrected chi connectivity index (χ2v) is 5.67. The molecule has 0 saturated carbocycles. The molecule has 24 heavy (non-hydrogen) atoms. The molecular weight excluding hydrogens is 308 g/mol. The summed E-state index contributed by atoms with van der Waals surface area (Å²) in [6.45, 7) is 6.69. The molecule has 0 fully saturated rings. The van der Waals surface area contributed by atoms with Crippen molar-refractivity contribution < 1.29 is 14.3 Å². The van der Waals surface area contributed by atoms with Crippen LogP contribution in [0, 0.1) is 13.8 Å². The first-order chi connectivity index (χ1) is 11.4.